The van der Waals surface area contributed by atoms with E-state index in [0.717, 1.165) is 6.42 Å². The van der Waals surface area contributed by atoms with E-state index >= 15 is 0 Å². The lowest BCUT2D eigenvalue weighted by molar-refractivity contribution is -0.122. The predicted octanol–water partition coefficient (Wildman–Crippen LogP) is 2.07. The Kier molecular flexibility index (Phi) is 7.92. The number of hydrogen-bond donors (Lipinski definition) is 2. The van der Waals surface area contributed by atoms with Crippen LogP contribution in [0.1, 0.15) is 37.0 Å². The van der Waals surface area contributed by atoms with Gasteiger partial charge < -0.3 is 15.2 Å². The van der Waals surface area contributed by atoms with E-state index in [4.69, 9.17) is 4.74 Å². The van der Waals surface area contributed by atoms with Crippen molar-refractivity contribution < 1.29 is 19.4 Å². The van der Waals surface area contributed by atoms with Gasteiger partial charge in [-0.3, -0.25) is 4.79 Å². The second-order valence-electron chi connectivity index (χ2n) is 4.78. The van der Waals surface area contributed by atoms with Gasteiger partial charge in [-0.25, -0.2) is 4.79 Å². The molecule has 0 bridgehead atoms. The molecule has 120 valence electrons. The van der Waals surface area contributed by atoms with Gasteiger partial charge in [0.2, 0.25) is 5.91 Å². The second kappa shape index (κ2) is 9.73. The summed E-state index contributed by atoms with van der Waals surface area (Å²) < 4.78 is 5.44. The molecule has 0 unspecified atom stereocenters. The first-order valence-corrected chi connectivity index (χ1v) is 7.45. The maximum Gasteiger partial charge on any atom is 0.338 e. The molecule has 0 aliphatic rings. The van der Waals surface area contributed by atoms with Crippen molar-refractivity contribution in [2.75, 3.05) is 6.61 Å². The number of hydrogen-bond acceptors (Lipinski definition) is 4. The minimum Gasteiger partial charge on any atom is -0.452 e. The Balaban J connectivity index is 2.84. The van der Waals surface area contributed by atoms with E-state index in [1.807, 2.05) is 19.1 Å². The summed E-state index contributed by atoms with van der Waals surface area (Å²) in [5.41, 5.74) is 0.427. The molecule has 0 radical (unpaired) electrons. The van der Waals surface area contributed by atoms with E-state index in [-0.39, 0.29) is 12.5 Å². The highest BCUT2D eigenvalue weighted by molar-refractivity contribution is 5.89. The van der Waals surface area contributed by atoms with Crippen molar-refractivity contribution in [1.29, 1.82) is 0 Å². The molecule has 1 rings (SSSR count). The van der Waals surface area contributed by atoms with Crippen LogP contribution in [0, 0.1) is 0 Å². The molecular weight excluding hydrogens is 282 g/mol. The van der Waals surface area contributed by atoms with Crippen LogP contribution in [0.5, 0.6) is 0 Å². The van der Waals surface area contributed by atoms with Gasteiger partial charge in [0.05, 0.1) is 18.2 Å². The summed E-state index contributed by atoms with van der Waals surface area (Å²) in [6.07, 6.45) is 3.88. The molecule has 2 atom stereocenters. The number of esters is 1. The fourth-order valence-corrected chi connectivity index (χ4v) is 1.83. The number of carbonyl (C=O) groups is 2. The van der Waals surface area contributed by atoms with Crippen LogP contribution in [0.4, 0.5) is 0 Å². The van der Waals surface area contributed by atoms with Gasteiger partial charge in [-0.05, 0) is 24.6 Å². The van der Waals surface area contributed by atoms with Crippen molar-refractivity contribution >= 4 is 11.9 Å². The number of nitrogens with one attached hydrogen (secondary N) is 1. The maximum absolute atomic E-state index is 12.1. The van der Waals surface area contributed by atoms with Crippen molar-refractivity contribution in [2.45, 2.75) is 38.8 Å². The summed E-state index contributed by atoms with van der Waals surface area (Å²) >= 11 is 0. The number of amides is 1. The minimum absolute atomic E-state index is 0.204. The molecule has 5 heteroatoms. The molecule has 0 fully saturated rings. The summed E-state index contributed by atoms with van der Waals surface area (Å²) in [4.78, 5) is 23.7. The molecule has 1 aromatic rings. The lowest BCUT2D eigenvalue weighted by Crippen LogP contribution is -2.46. The van der Waals surface area contributed by atoms with Gasteiger partial charge in [-0.15, -0.1) is 0 Å². The zero-order chi connectivity index (χ0) is 16.4. The van der Waals surface area contributed by atoms with Crippen LogP contribution < -0.4 is 5.32 Å². The van der Waals surface area contributed by atoms with Crippen LogP contribution in [-0.2, 0) is 9.53 Å². The van der Waals surface area contributed by atoms with E-state index in [1.165, 1.54) is 0 Å². The first kappa shape index (κ1) is 17.9. The molecule has 5 nitrogen and oxygen atoms in total. The zero-order valence-corrected chi connectivity index (χ0v) is 13.0. The van der Waals surface area contributed by atoms with Crippen LogP contribution in [0.3, 0.4) is 0 Å². The largest absolute Gasteiger partial charge is 0.452 e. The molecule has 1 amide bonds. The normalized spacial score (nSPS) is 13.6. The highest BCUT2D eigenvalue weighted by atomic mass is 16.5. The van der Waals surface area contributed by atoms with Crippen LogP contribution in [0.15, 0.2) is 42.5 Å². The molecule has 22 heavy (non-hydrogen) atoms. The van der Waals surface area contributed by atoms with E-state index in [9.17, 15) is 14.7 Å². The third kappa shape index (κ3) is 5.69. The number of carbonyl (C=O) groups excluding carboxylic acids is 2. The Morgan fingerprint density at radius 1 is 1.27 bits per heavy atom. The number of aliphatic hydroxyl groups is 1. The minimum atomic E-state index is -0.715. The van der Waals surface area contributed by atoms with Gasteiger partial charge in [-0.1, -0.05) is 38.1 Å². The molecule has 0 aliphatic heterocycles. The van der Waals surface area contributed by atoms with Crippen molar-refractivity contribution in [3.05, 3.63) is 48.0 Å². The Morgan fingerprint density at radius 2 is 1.95 bits per heavy atom. The van der Waals surface area contributed by atoms with Crippen LogP contribution in [-0.4, -0.2) is 35.7 Å². The summed E-state index contributed by atoms with van der Waals surface area (Å²) in [5.74, 6) is -0.694. The molecular formula is C17H23NO4. The van der Waals surface area contributed by atoms with Crippen molar-refractivity contribution in [3.8, 4) is 0 Å². The lowest BCUT2D eigenvalue weighted by atomic mass is 10.1. The van der Waals surface area contributed by atoms with Gasteiger partial charge in [0, 0.05) is 6.42 Å². The monoisotopic (exact) mass is 305 g/mol. The smallest absolute Gasteiger partial charge is 0.338 e. The zero-order valence-electron chi connectivity index (χ0n) is 13.0. The molecule has 0 aromatic heterocycles. The molecule has 0 heterocycles. The van der Waals surface area contributed by atoms with Crippen LogP contribution >= 0.6 is 0 Å². The number of ether oxygens (including phenoxy) is 1. The van der Waals surface area contributed by atoms with E-state index in [1.54, 1.807) is 37.3 Å². The van der Waals surface area contributed by atoms with Crippen LogP contribution in [0.2, 0.25) is 0 Å². The highest BCUT2D eigenvalue weighted by Gasteiger charge is 2.24. The van der Waals surface area contributed by atoms with Gasteiger partial charge in [-0.2, -0.15) is 0 Å². The summed E-state index contributed by atoms with van der Waals surface area (Å²) in [7, 11) is 0. The average molecular weight is 305 g/mol. The Morgan fingerprint density at radius 3 is 2.50 bits per heavy atom. The van der Waals surface area contributed by atoms with Crippen LogP contribution in [0.25, 0.3) is 0 Å². The Labute approximate surface area is 131 Å². The quantitative estimate of drug-likeness (QED) is 0.569. The fourth-order valence-electron chi connectivity index (χ4n) is 1.83. The first-order valence-electron chi connectivity index (χ1n) is 7.45. The van der Waals surface area contributed by atoms with Gasteiger partial charge >= 0.3 is 5.97 Å². The third-order valence-electron chi connectivity index (χ3n) is 3.07. The average Bonchev–Trinajstić information content (AvgIpc) is 2.56. The summed E-state index contributed by atoms with van der Waals surface area (Å²) in [6.45, 7) is 3.36. The molecule has 0 saturated carbocycles. The highest BCUT2D eigenvalue weighted by Crippen LogP contribution is 2.09. The van der Waals surface area contributed by atoms with Crippen molar-refractivity contribution in [1.82, 2.24) is 5.32 Å². The van der Waals surface area contributed by atoms with E-state index in [2.05, 4.69) is 5.32 Å². The molecule has 0 saturated heterocycles. The molecule has 0 spiro atoms. The third-order valence-corrected chi connectivity index (χ3v) is 3.07. The predicted molar refractivity (Wildman–Crippen MR) is 84.4 cm³/mol. The van der Waals surface area contributed by atoms with E-state index in [0.29, 0.717) is 12.0 Å². The molecule has 1 aromatic carbocycles. The summed E-state index contributed by atoms with van der Waals surface area (Å²) in [5, 5.41) is 12.1. The second-order valence-corrected chi connectivity index (χ2v) is 4.78. The molecule has 0 aliphatic carbocycles. The lowest BCUT2D eigenvalue weighted by Gasteiger charge is -2.24. The van der Waals surface area contributed by atoms with Gasteiger partial charge in [0.25, 0.3) is 0 Å². The fraction of sp³-hybridized carbons (Fsp3) is 0.412. The number of benzene rings is 1. The Bertz CT molecular complexity index is 499. The topological polar surface area (TPSA) is 75.6 Å². The van der Waals surface area contributed by atoms with Gasteiger partial charge in [0.1, 0.15) is 6.10 Å². The number of rotatable bonds is 8. The van der Waals surface area contributed by atoms with Gasteiger partial charge in [0.15, 0.2) is 0 Å². The number of allylic oxidation sites excluding steroid dienone is 1. The standard InChI is InChI=1S/C17H23NO4/c1-3-5-11-15(14(12-19)18-16(20)4-2)22-17(21)13-9-7-6-8-10-13/h5-11,14-15,19H,3-4,12H2,1-2H3,(H,18,20)/b11-5+/t14-,15+/m0/s1. The first-order chi connectivity index (χ1) is 10.6. The summed E-state index contributed by atoms with van der Waals surface area (Å²) in [6, 6.07) is 7.95. The Hall–Kier alpha value is -2.14. The molecule has 2 N–H and O–H groups in total. The maximum atomic E-state index is 12.1. The SMILES string of the molecule is CC/C=C/[C@@H](OC(=O)c1ccccc1)[C@H](CO)NC(=O)CC. The van der Waals surface area contributed by atoms with Crippen molar-refractivity contribution in [3.63, 3.8) is 0 Å². The van der Waals surface area contributed by atoms with E-state index < -0.39 is 18.1 Å². The van der Waals surface area contributed by atoms with Crippen molar-refractivity contribution in [2.24, 2.45) is 0 Å². The number of aliphatic hydroxyl groups excluding tert-OH is 1.